The standard InChI is InChI=1S/C16H14FNO3/c1-10-7-8-13(17)12(9-10)15(19)18-14(16(20)21)11-5-3-2-4-6-11/h2-9,14H,1H3,(H,18,19)(H,20,21)/t14-/m1/s1. The van der Waals surface area contributed by atoms with Crippen molar-refractivity contribution in [2.45, 2.75) is 13.0 Å². The highest BCUT2D eigenvalue weighted by Gasteiger charge is 2.23. The smallest absolute Gasteiger partial charge is 0.330 e. The molecule has 2 aromatic carbocycles. The molecule has 0 saturated heterocycles. The monoisotopic (exact) mass is 287 g/mol. The normalized spacial score (nSPS) is 11.7. The van der Waals surface area contributed by atoms with Gasteiger partial charge in [-0.2, -0.15) is 0 Å². The quantitative estimate of drug-likeness (QED) is 0.908. The van der Waals surface area contributed by atoms with Gasteiger partial charge in [0.1, 0.15) is 5.82 Å². The van der Waals surface area contributed by atoms with E-state index in [0.29, 0.717) is 11.1 Å². The number of benzene rings is 2. The van der Waals surface area contributed by atoms with E-state index in [1.807, 2.05) is 0 Å². The molecule has 1 atom stereocenters. The van der Waals surface area contributed by atoms with Crippen molar-refractivity contribution >= 4 is 11.9 Å². The first-order valence-corrected chi connectivity index (χ1v) is 6.34. The first-order chi connectivity index (χ1) is 9.99. The number of carbonyl (C=O) groups is 2. The van der Waals surface area contributed by atoms with Crippen LogP contribution in [0.25, 0.3) is 0 Å². The molecule has 0 radical (unpaired) electrons. The van der Waals surface area contributed by atoms with Crippen molar-refractivity contribution in [1.29, 1.82) is 0 Å². The molecule has 4 nitrogen and oxygen atoms in total. The fraction of sp³-hybridized carbons (Fsp3) is 0.125. The Morgan fingerprint density at radius 3 is 2.43 bits per heavy atom. The summed E-state index contributed by atoms with van der Waals surface area (Å²) in [7, 11) is 0. The van der Waals surface area contributed by atoms with E-state index in [0.717, 1.165) is 0 Å². The summed E-state index contributed by atoms with van der Waals surface area (Å²) in [6, 6.07) is 11.1. The molecule has 0 aromatic heterocycles. The summed E-state index contributed by atoms with van der Waals surface area (Å²) in [6.07, 6.45) is 0. The highest BCUT2D eigenvalue weighted by Crippen LogP contribution is 2.16. The lowest BCUT2D eigenvalue weighted by Crippen LogP contribution is -2.34. The molecule has 0 saturated carbocycles. The number of aliphatic carboxylic acids is 1. The number of nitrogens with one attached hydrogen (secondary N) is 1. The van der Waals surface area contributed by atoms with Crippen molar-refractivity contribution in [3.8, 4) is 0 Å². The largest absolute Gasteiger partial charge is 0.479 e. The van der Waals surface area contributed by atoms with Gasteiger partial charge in [0.2, 0.25) is 0 Å². The Labute approximate surface area is 121 Å². The predicted octanol–water partition coefficient (Wildman–Crippen LogP) is 2.69. The van der Waals surface area contributed by atoms with E-state index in [2.05, 4.69) is 5.32 Å². The third-order valence-corrected chi connectivity index (χ3v) is 3.02. The maximum absolute atomic E-state index is 13.7. The number of carboxylic acids is 1. The molecule has 0 aliphatic rings. The molecule has 2 aromatic rings. The predicted molar refractivity (Wildman–Crippen MR) is 75.4 cm³/mol. The van der Waals surface area contributed by atoms with Gasteiger partial charge in [-0.1, -0.05) is 42.0 Å². The highest BCUT2D eigenvalue weighted by molar-refractivity contribution is 5.97. The zero-order valence-corrected chi connectivity index (χ0v) is 11.3. The van der Waals surface area contributed by atoms with Gasteiger partial charge in [-0.05, 0) is 24.6 Å². The Balaban J connectivity index is 2.27. The third-order valence-electron chi connectivity index (χ3n) is 3.02. The molecule has 0 aliphatic carbocycles. The SMILES string of the molecule is Cc1ccc(F)c(C(=O)N[C@@H](C(=O)O)c2ccccc2)c1. The van der Waals surface area contributed by atoms with Crippen LogP contribution in [-0.2, 0) is 4.79 Å². The van der Waals surface area contributed by atoms with Gasteiger partial charge < -0.3 is 10.4 Å². The van der Waals surface area contributed by atoms with Crippen LogP contribution in [-0.4, -0.2) is 17.0 Å². The van der Waals surface area contributed by atoms with Crippen molar-refractivity contribution in [3.05, 3.63) is 71.0 Å². The van der Waals surface area contributed by atoms with Crippen LogP contribution in [0.5, 0.6) is 0 Å². The number of rotatable bonds is 4. The van der Waals surface area contributed by atoms with Crippen LogP contribution >= 0.6 is 0 Å². The summed E-state index contributed by atoms with van der Waals surface area (Å²) in [5, 5.41) is 11.6. The van der Waals surface area contributed by atoms with Crippen molar-refractivity contribution in [1.82, 2.24) is 5.32 Å². The van der Waals surface area contributed by atoms with Crippen LogP contribution < -0.4 is 5.32 Å². The van der Waals surface area contributed by atoms with E-state index >= 15 is 0 Å². The molecule has 0 aliphatic heterocycles. The molecule has 2 N–H and O–H groups in total. The van der Waals surface area contributed by atoms with Crippen molar-refractivity contribution in [2.24, 2.45) is 0 Å². The Kier molecular flexibility index (Phi) is 4.33. The van der Waals surface area contributed by atoms with Gasteiger partial charge in [-0.3, -0.25) is 4.79 Å². The number of amides is 1. The van der Waals surface area contributed by atoms with Crippen LogP contribution in [0.2, 0.25) is 0 Å². The second kappa shape index (κ2) is 6.17. The Morgan fingerprint density at radius 1 is 1.14 bits per heavy atom. The minimum atomic E-state index is -1.22. The number of aryl methyl sites for hydroxylation is 1. The third kappa shape index (κ3) is 3.45. The van der Waals surface area contributed by atoms with Gasteiger partial charge in [0.15, 0.2) is 6.04 Å². The van der Waals surface area contributed by atoms with E-state index in [4.69, 9.17) is 0 Å². The molecule has 5 heteroatoms. The topological polar surface area (TPSA) is 66.4 Å². The van der Waals surface area contributed by atoms with Gasteiger partial charge in [0, 0.05) is 0 Å². The summed E-state index contributed by atoms with van der Waals surface area (Å²) in [5.41, 5.74) is 0.969. The summed E-state index contributed by atoms with van der Waals surface area (Å²) in [5.74, 6) is -2.65. The Morgan fingerprint density at radius 2 is 1.81 bits per heavy atom. The number of hydrogen-bond acceptors (Lipinski definition) is 2. The second-order valence-electron chi connectivity index (χ2n) is 4.64. The lowest BCUT2D eigenvalue weighted by atomic mass is 10.1. The van der Waals surface area contributed by atoms with Crippen LogP contribution in [0.4, 0.5) is 4.39 Å². The second-order valence-corrected chi connectivity index (χ2v) is 4.64. The molecule has 0 bridgehead atoms. The number of carboxylic acid groups (broad SMARTS) is 1. The lowest BCUT2D eigenvalue weighted by molar-refractivity contribution is -0.139. The molecule has 0 spiro atoms. The van der Waals surface area contributed by atoms with Gasteiger partial charge in [0.05, 0.1) is 5.56 Å². The van der Waals surface area contributed by atoms with Gasteiger partial charge >= 0.3 is 5.97 Å². The number of carbonyl (C=O) groups excluding carboxylic acids is 1. The average molecular weight is 287 g/mol. The number of halogens is 1. The molecule has 2 rings (SSSR count). The van der Waals surface area contributed by atoms with Gasteiger partial charge in [-0.15, -0.1) is 0 Å². The van der Waals surface area contributed by atoms with E-state index in [1.54, 1.807) is 37.3 Å². The molecule has 21 heavy (non-hydrogen) atoms. The zero-order chi connectivity index (χ0) is 15.4. The first kappa shape index (κ1) is 14.7. The Bertz CT molecular complexity index is 670. The molecule has 0 fully saturated rings. The maximum Gasteiger partial charge on any atom is 0.330 e. The van der Waals surface area contributed by atoms with Crippen molar-refractivity contribution in [3.63, 3.8) is 0 Å². The van der Waals surface area contributed by atoms with Crippen LogP contribution in [0.1, 0.15) is 27.5 Å². The van der Waals surface area contributed by atoms with E-state index in [9.17, 15) is 19.1 Å². The Hall–Kier alpha value is -2.69. The molecular weight excluding hydrogens is 273 g/mol. The summed E-state index contributed by atoms with van der Waals surface area (Å²) >= 11 is 0. The van der Waals surface area contributed by atoms with E-state index < -0.39 is 23.7 Å². The zero-order valence-electron chi connectivity index (χ0n) is 11.3. The summed E-state index contributed by atoms with van der Waals surface area (Å²) < 4.78 is 13.7. The van der Waals surface area contributed by atoms with Crippen LogP contribution in [0.15, 0.2) is 48.5 Å². The van der Waals surface area contributed by atoms with Crippen molar-refractivity contribution < 1.29 is 19.1 Å². The van der Waals surface area contributed by atoms with Crippen LogP contribution in [0.3, 0.4) is 0 Å². The molecule has 0 unspecified atom stereocenters. The van der Waals surface area contributed by atoms with Crippen molar-refractivity contribution in [2.75, 3.05) is 0 Å². The molecule has 0 heterocycles. The van der Waals surface area contributed by atoms with Gasteiger partial charge in [-0.25, -0.2) is 9.18 Å². The maximum atomic E-state index is 13.7. The fourth-order valence-corrected chi connectivity index (χ4v) is 1.96. The highest BCUT2D eigenvalue weighted by atomic mass is 19.1. The van der Waals surface area contributed by atoms with E-state index in [1.165, 1.54) is 18.2 Å². The minimum Gasteiger partial charge on any atom is -0.479 e. The number of hydrogen-bond donors (Lipinski definition) is 2. The first-order valence-electron chi connectivity index (χ1n) is 6.34. The van der Waals surface area contributed by atoms with E-state index in [-0.39, 0.29) is 5.56 Å². The lowest BCUT2D eigenvalue weighted by Gasteiger charge is -2.15. The fourth-order valence-electron chi connectivity index (χ4n) is 1.96. The van der Waals surface area contributed by atoms with Crippen LogP contribution in [0, 0.1) is 12.7 Å². The molecule has 108 valence electrons. The summed E-state index contributed by atoms with van der Waals surface area (Å²) in [6.45, 7) is 1.72. The average Bonchev–Trinajstić information content (AvgIpc) is 2.47. The minimum absolute atomic E-state index is 0.169. The van der Waals surface area contributed by atoms with Gasteiger partial charge in [0.25, 0.3) is 5.91 Å². The molecular formula is C16H14FNO3. The summed E-state index contributed by atoms with van der Waals surface area (Å²) in [4.78, 5) is 23.4. The molecule has 1 amide bonds.